The topological polar surface area (TPSA) is 58.4 Å². The lowest BCUT2D eigenvalue weighted by Crippen LogP contribution is -2.20. The van der Waals surface area contributed by atoms with Gasteiger partial charge >= 0.3 is 6.03 Å². The number of anilines is 2. The molecule has 2 amide bonds. The summed E-state index contributed by atoms with van der Waals surface area (Å²) in [5.74, 6) is 0.128. The summed E-state index contributed by atoms with van der Waals surface area (Å²) in [4.78, 5) is 17.1. The van der Waals surface area contributed by atoms with Gasteiger partial charge in [0.05, 0.1) is 0 Å². The van der Waals surface area contributed by atoms with Crippen LogP contribution < -0.4 is 10.6 Å². The molecule has 5 nitrogen and oxygen atoms in total. The molecular weight excluding hydrogens is 331 g/mol. The number of urea groups is 1. The van der Waals surface area contributed by atoms with E-state index in [0.717, 1.165) is 5.56 Å². The van der Waals surface area contributed by atoms with E-state index >= 15 is 0 Å². The van der Waals surface area contributed by atoms with Crippen molar-refractivity contribution in [3.05, 3.63) is 84.8 Å². The Hall–Kier alpha value is -3.67. The summed E-state index contributed by atoms with van der Waals surface area (Å²) < 4.78 is 15.1. The Labute approximate surface area is 149 Å². The molecule has 2 aromatic heterocycles. The van der Waals surface area contributed by atoms with Gasteiger partial charge in [-0.2, -0.15) is 0 Å². The van der Waals surface area contributed by atoms with Crippen LogP contribution in [0.3, 0.4) is 0 Å². The third-order valence-corrected chi connectivity index (χ3v) is 3.89. The van der Waals surface area contributed by atoms with E-state index in [1.807, 2.05) is 54.7 Å². The molecule has 4 rings (SSSR count). The second-order valence-electron chi connectivity index (χ2n) is 5.69. The van der Waals surface area contributed by atoms with Crippen LogP contribution in [0.15, 0.2) is 79.0 Å². The molecule has 6 heteroatoms. The van der Waals surface area contributed by atoms with Crippen molar-refractivity contribution in [3.63, 3.8) is 0 Å². The van der Waals surface area contributed by atoms with Crippen molar-refractivity contribution in [2.24, 2.45) is 0 Å². The van der Waals surface area contributed by atoms with Crippen LogP contribution in [0, 0.1) is 5.82 Å². The number of nitrogens with one attached hydrogen (secondary N) is 2. The average Bonchev–Trinajstić information content (AvgIpc) is 3.01. The Morgan fingerprint density at radius 2 is 1.73 bits per heavy atom. The maximum absolute atomic E-state index is 13.3. The van der Waals surface area contributed by atoms with Gasteiger partial charge in [-0.3, -0.25) is 9.72 Å². The van der Waals surface area contributed by atoms with Crippen LogP contribution in [-0.2, 0) is 0 Å². The second-order valence-corrected chi connectivity index (χ2v) is 5.69. The van der Waals surface area contributed by atoms with Gasteiger partial charge in [-0.25, -0.2) is 14.2 Å². The molecule has 0 aliphatic carbocycles. The largest absolute Gasteiger partial charge is 0.324 e. The maximum atomic E-state index is 13.3. The first-order chi connectivity index (χ1) is 12.7. The third kappa shape index (κ3) is 3.12. The van der Waals surface area contributed by atoms with Gasteiger partial charge in [-0.15, -0.1) is 0 Å². The lowest BCUT2D eigenvalue weighted by Gasteiger charge is -2.09. The Bertz CT molecular complexity index is 1080. The van der Waals surface area contributed by atoms with E-state index in [4.69, 9.17) is 0 Å². The summed E-state index contributed by atoms with van der Waals surface area (Å²) in [5, 5.41) is 5.46. The van der Waals surface area contributed by atoms with E-state index in [9.17, 15) is 9.18 Å². The zero-order valence-corrected chi connectivity index (χ0v) is 13.7. The fourth-order valence-electron chi connectivity index (χ4n) is 2.75. The number of nitrogens with zero attached hydrogens (tertiary/aromatic N) is 2. The number of rotatable bonds is 3. The first-order valence-electron chi connectivity index (χ1n) is 8.07. The number of pyridine rings is 1. The summed E-state index contributed by atoms with van der Waals surface area (Å²) >= 11 is 0. The van der Waals surface area contributed by atoms with Gasteiger partial charge in [0.2, 0.25) is 0 Å². The SMILES string of the molecule is O=C(Nc1cccc(F)c1)Nc1c(-c2ccccc2)nc2ccccn12. The lowest BCUT2D eigenvalue weighted by molar-refractivity contribution is 0.262. The van der Waals surface area contributed by atoms with Gasteiger partial charge in [-0.05, 0) is 30.3 Å². The number of halogens is 1. The van der Waals surface area contributed by atoms with E-state index in [1.54, 1.807) is 10.5 Å². The second kappa shape index (κ2) is 6.68. The zero-order chi connectivity index (χ0) is 17.9. The molecule has 0 aliphatic rings. The molecule has 0 bridgehead atoms. The maximum Gasteiger partial charge on any atom is 0.324 e. The fourth-order valence-corrected chi connectivity index (χ4v) is 2.75. The summed E-state index contributed by atoms with van der Waals surface area (Å²) in [6, 6.07) is 20.5. The van der Waals surface area contributed by atoms with Crippen molar-refractivity contribution in [1.82, 2.24) is 9.38 Å². The molecule has 0 atom stereocenters. The molecule has 0 aliphatic heterocycles. The number of carbonyl (C=O) groups is 1. The Morgan fingerprint density at radius 1 is 0.923 bits per heavy atom. The molecule has 128 valence electrons. The minimum absolute atomic E-state index is 0.373. The Kier molecular flexibility index (Phi) is 4.07. The number of carbonyl (C=O) groups excluding carboxylic acids is 1. The molecule has 2 aromatic carbocycles. The predicted molar refractivity (Wildman–Crippen MR) is 99.7 cm³/mol. The highest BCUT2D eigenvalue weighted by Gasteiger charge is 2.16. The third-order valence-electron chi connectivity index (χ3n) is 3.89. The predicted octanol–water partition coefficient (Wildman–Crippen LogP) is 4.78. The summed E-state index contributed by atoms with van der Waals surface area (Å²) in [5.41, 5.74) is 2.63. The fraction of sp³-hybridized carbons (Fsp3) is 0. The van der Waals surface area contributed by atoms with Gasteiger partial charge in [0.1, 0.15) is 23.0 Å². The molecule has 0 fully saturated rings. The molecule has 26 heavy (non-hydrogen) atoms. The van der Waals surface area contributed by atoms with Crippen LogP contribution >= 0.6 is 0 Å². The monoisotopic (exact) mass is 346 g/mol. The molecule has 0 spiro atoms. The number of aromatic nitrogens is 2. The van der Waals surface area contributed by atoms with Crippen LogP contribution in [0.25, 0.3) is 16.9 Å². The van der Waals surface area contributed by atoms with E-state index in [0.29, 0.717) is 22.8 Å². The number of amides is 2. The van der Waals surface area contributed by atoms with Crippen LogP contribution in [0.1, 0.15) is 0 Å². The van der Waals surface area contributed by atoms with Crippen molar-refractivity contribution in [3.8, 4) is 11.3 Å². The molecule has 0 unspecified atom stereocenters. The minimum atomic E-state index is -0.474. The standard InChI is InChI=1S/C20H15FN4O/c21-15-9-6-10-16(13-15)22-20(26)24-19-18(14-7-2-1-3-8-14)23-17-11-4-5-12-25(17)19/h1-13H,(H2,22,24,26). The highest BCUT2D eigenvalue weighted by molar-refractivity contribution is 6.01. The van der Waals surface area contributed by atoms with Crippen LogP contribution in [0.5, 0.6) is 0 Å². The highest BCUT2D eigenvalue weighted by Crippen LogP contribution is 2.28. The van der Waals surface area contributed by atoms with Crippen molar-refractivity contribution in [2.75, 3.05) is 10.6 Å². The molecule has 2 heterocycles. The molecule has 4 aromatic rings. The molecule has 0 radical (unpaired) electrons. The van der Waals surface area contributed by atoms with Crippen molar-refractivity contribution >= 4 is 23.2 Å². The van der Waals surface area contributed by atoms with Gasteiger partial charge in [0.15, 0.2) is 0 Å². The number of hydrogen-bond acceptors (Lipinski definition) is 2. The lowest BCUT2D eigenvalue weighted by atomic mass is 10.1. The van der Waals surface area contributed by atoms with Crippen molar-refractivity contribution < 1.29 is 9.18 Å². The first kappa shape index (κ1) is 15.8. The highest BCUT2D eigenvalue weighted by atomic mass is 19.1. The Balaban J connectivity index is 1.70. The average molecular weight is 346 g/mol. The normalized spacial score (nSPS) is 10.7. The molecule has 2 N–H and O–H groups in total. The Morgan fingerprint density at radius 3 is 2.54 bits per heavy atom. The van der Waals surface area contributed by atoms with E-state index in [1.165, 1.54) is 18.2 Å². The number of benzene rings is 2. The summed E-state index contributed by atoms with van der Waals surface area (Å²) in [7, 11) is 0. The van der Waals surface area contributed by atoms with E-state index in [-0.39, 0.29) is 0 Å². The summed E-state index contributed by atoms with van der Waals surface area (Å²) in [6.07, 6.45) is 1.83. The van der Waals surface area contributed by atoms with Gasteiger partial charge in [0, 0.05) is 17.4 Å². The number of imidazole rings is 1. The molecule has 0 saturated carbocycles. The van der Waals surface area contributed by atoms with E-state index < -0.39 is 11.8 Å². The van der Waals surface area contributed by atoms with Gasteiger partial charge < -0.3 is 5.32 Å². The van der Waals surface area contributed by atoms with Crippen LogP contribution in [0.4, 0.5) is 20.7 Å². The van der Waals surface area contributed by atoms with Gasteiger partial charge in [-0.1, -0.05) is 42.5 Å². The van der Waals surface area contributed by atoms with Gasteiger partial charge in [0.25, 0.3) is 0 Å². The van der Waals surface area contributed by atoms with Crippen LogP contribution in [-0.4, -0.2) is 15.4 Å². The molecule has 0 saturated heterocycles. The quantitative estimate of drug-likeness (QED) is 0.561. The summed E-state index contributed by atoms with van der Waals surface area (Å²) in [6.45, 7) is 0. The minimum Gasteiger partial charge on any atom is -0.308 e. The number of hydrogen-bond donors (Lipinski definition) is 2. The number of fused-ring (bicyclic) bond motifs is 1. The van der Waals surface area contributed by atoms with E-state index in [2.05, 4.69) is 15.6 Å². The first-order valence-corrected chi connectivity index (χ1v) is 8.07. The zero-order valence-electron chi connectivity index (χ0n) is 13.7. The van der Waals surface area contributed by atoms with Crippen molar-refractivity contribution in [1.29, 1.82) is 0 Å². The van der Waals surface area contributed by atoms with Crippen molar-refractivity contribution in [2.45, 2.75) is 0 Å². The smallest absolute Gasteiger partial charge is 0.308 e. The van der Waals surface area contributed by atoms with Crippen LogP contribution in [0.2, 0.25) is 0 Å². The molecular formula is C20H15FN4O.